The van der Waals surface area contributed by atoms with Crippen LogP contribution in [0.25, 0.3) is 0 Å². The van der Waals surface area contributed by atoms with E-state index in [1.54, 1.807) is 0 Å². The SMILES string of the molecule is C=CCNCC(C)Oc1ccccc1OCC. The normalized spacial score (nSPS) is 11.9. The number of hydrogen-bond donors (Lipinski definition) is 1. The molecule has 17 heavy (non-hydrogen) atoms. The first-order chi connectivity index (χ1) is 8.27. The van der Waals surface area contributed by atoms with E-state index < -0.39 is 0 Å². The summed E-state index contributed by atoms with van der Waals surface area (Å²) in [5.41, 5.74) is 0. The van der Waals surface area contributed by atoms with Crippen molar-refractivity contribution < 1.29 is 9.47 Å². The molecular formula is C14H21NO2. The number of benzene rings is 1. The van der Waals surface area contributed by atoms with Crippen molar-refractivity contribution in [2.45, 2.75) is 20.0 Å². The Balaban J connectivity index is 2.51. The van der Waals surface area contributed by atoms with Gasteiger partial charge in [0.25, 0.3) is 0 Å². The topological polar surface area (TPSA) is 30.5 Å². The lowest BCUT2D eigenvalue weighted by Gasteiger charge is -2.17. The van der Waals surface area contributed by atoms with Crippen LogP contribution in [-0.2, 0) is 0 Å². The number of rotatable bonds is 8. The Hall–Kier alpha value is -1.48. The molecule has 0 aliphatic carbocycles. The molecular weight excluding hydrogens is 214 g/mol. The van der Waals surface area contributed by atoms with Gasteiger partial charge in [-0.3, -0.25) is 0 Å². The van der Waals surface area contributed by atoms with Crippen LogP contribution in [0.4, 0.5) is 0 Å². The van der Waals surface area contributed by atoms with Gasteiger partial charge in [0.15, 0.2) is 11.5 Å². The molecule has 1 unspecified atom stereocenters. The summed E-state index contributed by atoms with van der Waals surface area (Å²) in [7, 11) is 0. The third-order valence-electron chi connectivity index (χ3n) is 2.20. The average Bonchev–Trinajstić information content (AvgIpc) is 2.32. The lowest BCUT2D eigenvalue weighted by Crippen LogP contribution is -2.29. The second kappa shape index (κ2) is 7.74. The zero-order valence-electron chi connectivity index (χ0n) is 10.6. The Morgan fingerprint density at radius 2 is 2.06 bits per heavy atom. The van der Waals surface area contributed by atoms with Crippen LogP contribution in [0.15, 0.2) is 36.9 Å². The Morgan fingerprint density at radius 3 is 2.71 bits per heavy atom. The predicted molar refractivity (Wildman–Crippen MR) is 70.8 cm³/mol. The van der Waals surface area contributed by atoms with Crippen LogP contribution in [-0.4, -0.2) is 25.8 Å². The highest BCUT2D eigenvalue weighted by Crippen LogP contribution is 2.27. The van der Waals surface area contributed by atoms with Crippen molar-refractivity contribution in [2.24, 2.45) is 0 Å². The van der Waals surface area contributed by atoms with Gasteiger partial charge in [0.2, 0.25) is 0 Å². The summed E-state index contributed by atoms with van der Waals surface area (Å²) in [4.78, 5) is 0. The molecule has 3 heteroatoms. The van der Waals surface area contributed by atoms with Gasteiger partial charge in [-0.25, -0.2) is 0 Å². The average molecular weight is 235 g/mol. The van der Waals surface area contributed by atoms with Gasteiger partial charge >= 0.3 is 0 Å². The Labute approximate surface area is 103 Å². The molecule has 0 bridgehead atoms. The first kappa shape index (κ1) is 13.6. The Kier molecular flexibility index (Phi) is 6.18. The van der Waals surface area contributed by atoms with Gasteiger partial charge in [0.1, 0.15) is 6.10 Å². The third-order valence-corrected chi connectivity index (χ3v) is 2.20. The summed E-state index contributed by atoms with van der Waals surface area (Å²) in [5.74, 6) is 1.59. The molecule has 0 saturated heterocycles. The molecule has 1 rings (SSSR count). The van der Waals surface area contributed by atoms with Crippen molar-refractivity contribution >= 4 is 0 Å². The number of nitrogens with one attached hydrogen (secondary N) is 1. The number of para-hydroxylation sites is 2. The quantitative estimate of drug-likeness (QED) is 0.555. The van der Waals surface area contributed by atoms with Crippen LogP contribution in [0.5, 0.6) is 11.5 Å². The minimum Gasteiger partial charge on any atom is -0.490 e. The molecule has 94 valence electrons. The zero-order valence-corrected chi connectivity index (χ0v) is 10.6. The van der Waals surface area contributed by atoms with E-state index in [1.807, 2.05) is 44.2 Å². The summed E-state index contributed by atoms with van der Waals surface area (Å²) in [5, 5.41) is 3.22. The van der Waals surface area contributed by atoms with Crippen LogP contribution in [0.2, 0.25) is 0 Å². The Morgan fingerprint density at radius 1 is 1.35 bits per heavy atom. The Bertz CT molecular complexity index is 339. The lowest BCUT2D eigenvalue weighted by molar-refractivity contribution is 0.205. The summed E-state index contributed by atoms with van der Waals surface area (Å²) in [6.07, 6.45) is 1.93. The van der Waals surface area contributed by atoms with E-state index in [4.69, 9.17) is 9.47 Å². The fraction of sp³-hybridized carbons (Fsp3) is 0.429. The van der Waals surface area contributed by atoms with Crippen molar-refractivity contribution in [3.63, 3.8) is 0 Å². The molecule has 0 spiro atoms. The summed E-state index contributed by atoms with van der Waals surface area (Å²) < 4.78 is 11.3. The molecule has 1 aromatic carbocycles. The van der Waals surface area contributed by atoms with E-state index in [-0.39, 0.29) is 6.10 Å². The molecule has 0 radical (unpaired) electrons. The predicted octanol–water partition coefficient (Wildman–Crippen LogP) is 2.63. The maximum atomic E-state index is 5.82. The number of ether oxygens (including phenoxy) is 2. The van der Waals surface area contributed by atoms with Gasteiger partial charge in [0.05, 0.1) is 6.61 Å². The van der Waals surface area contributed by atoms with Crippen LogP contribution in [0, 0.1) is 0 Å². The van der Waals surface area contributed by atoms with Crippen molar-refractivity contribution in [3.05, 3.63) is 36.9 Å². The second-order valence-corrected chi connectivity index (χ2v) is 3.76. The molecule has 3 nitrogen and oxygen atoms in total. The first-order valence-electron chi connectivity index (χ1n) is 5.98. The van der Waals surface area contributed by atoms with Crippen molar-refractivity contribution in [2.75, 3.05) is 19.7 Å². The van der Waals surface area contributed by atoms with Gasteiger partial charge < -0.3 is 14.8 Å². The van der Waals surface area contributed by atoms with E-state index >= 15 is 0 Å². The molecule has 0 amide bonds. The third kappa shape index (κ3) is 4.91. The van der Waals surface area contributed by atoms with Crippen molar-refractivity contribution in [1.29, 1.82) is 0 Å². The van der Waals surface area contributed by atoms with Gasteiger partial charge in [-0.15, -0.1) is 6.58 Å². The van der Waals surface area contributed by atoms with Crippen molar-refractivity contribution in [3.8, 4) is 11.5 Å². The van der Waals surface area contributed by atoms with Gasteiger partial charge in [-0.1, -0.05) is 18.2 Å². The molecule has 1 atom stereocenters. The molecule has 1 N–H and O–H groups in total. The highest BCUT2D eigenvalue weighted by molar-refractivity contribution is 5.39. The van der Waals surface area contributed by atoms with Crippen LogP contribution >= 0.6 is 0 Å². The summed E-state index contributed by atoms with van der Waals surface area (Å²) >= 11 is 0. The zero-order chi connectivity index (χ0) is 12.5. The highest BCUT2D eigenvalue weighted by Gasteiger charge is 2.07. The van der Waals surface area contributed by atoms with E-state index in [0.717, 1.165) is 24.6 Å². The smallest absolute Gasteiger partial charge is 0.161 e. The molecule has 1 aromatic rings. The molecule has 0 heterocycles. The van der Waals surface area contributed by atoms with E-state index in [9.17, 15) is 0 Å². The van der Waals surface area contributed by atoms with Crippen LogP contribution < -0.4 is 14.8 Å². The van der Waals surface area contributed by atoms with E-state index in [2.05, 4.69) is 11.9 Å². The maximum absolute atomic E-state index is 5.82. The fourth-order valence-electron chi connectivity index (χ4n) is 1.47. The monoisotopic (exact) mass is 235 g/mol. The van der Waals surface area contributed by atoms with Crippen molar-refractivity contribution in [1.82, 2.24) is 5.32 Å². The highest BCUT2D eigenvalue weighted by atomic mass is 16.5. The largest absolute Gasteiger partial charge is 0.490 e. The second-order valence-electron chi connectivity index (χ2n) is 3.76. The van der Waals surface area contributed by atoms with Gasteiger partial charge in [0, 0.05) is 13.1 Å². The van der Waals surface area contributed by atoms with E-state index in [0.29, 0.717) is 6.61 Å². The maximum Gasteiger partial charge on any atom is 0.161 e. The fourth-order valence-corrected chi connectivity index (χ4v) is 1.47. The molecule has 0 aliphatic heterocycles. The molecule has 0 aliphatic rings. The summed E-state index contributed by atoms with van der Waals surface area (Å²) in [6.45, 7) is 9.87. The standard InChI is InChI=1S/C14H21NO2/c1-4-10-15-11-12(3)17-14-9-7-6-8-13(14)16-5-2/h4,6-9,12,15H,1,5,10-11H2,2-3H3. The van der Waals surface area contributed by atoms with Gasteiger partial charge in [-0.2, -0.15) is 0 Å². The van der Waals surface area contributed by atoms with Crippen LogP contribution in [0.3, 0.4) is 0 Å². The first-order valence-corrected chi connectivity index (χ1v) is 5.98. The summed E-state index contributed by atoms with van der Waals surface area (Å²) in [6, 6.07) is 7.73. The molecule has 0 fully saturated rings. The van der Waals surface area contributed by atoms with Gasteiger partial charge in [-0.05, 0) is 26.0 Å². The minimum atomic E-state index is 0.0940. The minimum absolute atomic E-state index is 0.0940. The number of hydrogen-bond acceptors (Lipinski definition) is 3. The lowest BCUT2D eigenvalue weighted by atomic mass is 10.3. The van der Waals surface area contributed by atoms with Crippen LogP contribution in [0.1, 0.15) is 13.8 Å². The van der Waals surface area contributed by atoms with E-state index in [1.165, 1.54) is 0 Å². The molecule has 0 aromatic heterocycles. The molecule has 0 saturated carbocycles.